The number of piperazine rings is 1. The summed E-state index contributed by atoms with van der Waals surface area (Å²) >= 11 is 0. The van der Waals surface area contributed by atoms with Crippen LogP contribution in [0.3, 0.4) is 0 Å². The molecule has 3 heterocycles. The molecule has 0 N–H and O–H groups in total. The normalized spacial score (nSPS) is 22.0. The number of nitro groups is 1. The third-order valence-electron chi connectivity index (χ3n) is 4.82. The molecule has 1 saturated heterocycles. The lowest BCUT2D eigenvalue weighted by atomic mass is 10.2. The van der Waals surface area contributed by atoms with Crippen LogP contribution in [-0.4, -0.2) is 82.4 Å². The number of ether oxygens (including phenoxy) is 2. The van der Waals surface area contributed by atoms with E-state index in [0.717, 1.165) is 39.1 Å². The first-order chi connectivity index (χ1) is 12.0. The number of imidazole rings is 1. The van der Waals surface area contributed by atoms with E-state index in [4.69, 9.17) is 9.47 Å². The van der Waals surface area contributed by atoms with Crippen LogP contribution in [0, 0.1) is 10.1 Å². The Morgan fingerprint density at radius 3 is 2.84 bits per heavy atom. The summed E-state index contributed by atoms with van der Waals surface area (Å²) in [6.45, 7) is 11.6. The minimum Gasteiger partial charge on any atom is -0.443 e. The Labute approximate surface area is 147 Å². The molecule has 0 amide bonds. The number of nitrogens with zero attached hydrogens (tertiary/aromatic N) is 5. The molecule has 2 aliphatic rings. The molecule has 0 radical (unpaired) electrons. The van der Waals surface area contributed by atoms with Crippen molar-refractivity contribution in [1.29, 1.82) is 0 Å². The van der Waals surface area contributed by atoms with Crippen molar-refractivity contribution in [2.24, 2.45) is 0 Å². The number of hydrogen-bond donors (Lipinski definition) is 0. The molecule has 3 rings (SSSR count). The standard InChI is InChI=1S/C16H27N5O4/c1-13(2)19-7-5-18(6-8-19)4-3-9-24-14-10-20-11-15(21(22)23)17-16(20)25-12-14/h11,13-14H,3-10,12H2,1-2H3/t14-/m0/s1. The predicted molar refractivity (Wildman–Crippen MR) is 91.9 cm³/mol. The van der Waals surface area contributed by atoms with Crippen LogP contribution in [-0.2, 0) is 11.3 Å². The average Bonchev–Trinajstić information content (AvgIpc) is 3.03. The topological polar surface area (TPSA) is 85.9 Å². The molecule has 2 aliphatic heterocycles. The van der Waals surface area contributed by atoms with Gasteiger partial charge in [-0.3, -0.25) is 9.47 Å². The van der Waals surface area contributed by atoms with Gasteiger partial charge in [-0.2, -0.15) is 0 Å². The maximum atomic E-state index is 10.8. The lowest BCUT2D eigenvalue weighted by Crippen LogP contribution is -2.49. The molecule has 1 aromatic rings. The van der Waals surface area contributed by atoms with Gasteiger partial charge in [-0.05, 0) is 25.2 Å². The molecule has 0 aromatic carbocycles. The largest absolute Gasteiger partial charge is 0.443 e. The van der Waals surface area contributed by atoms with Crippen LogP contribution in [0.1, 0.15) is 20.3 Å². The van der Waals surface area contributed by atoms with Gasteiger partial charge in [0.05, 0.1) is 6.54 Å². The molecule has 9 heteroatoms. The zero-order chi connectivity index (χ0) is 17.8. The molecular weight excluding hydrogens is 326 g/mol. The van der Waals surface area contributed by atoms with Crippen LogP contribution in [0.25, 0.3) is 0 Å². The highest BCUT2D eigenvalue weighted by Crippen LogP contribution is 2.22. The molecule has 0 unspecified atom stereocenters. The predicted octanol–water partition coefficient (Wildman–Crippen LogP) is 0.985. The number of rotatable bonds is 7. The zero-order valence-electron chi connectivity index (χ0n) is 15.0. The van der Waals surface area contributed by atoms with Crippen LogP contribution < -0.4 is 4.74 Å². The van der Waals surface area contributed by atoms with E-state index in [0.29, 0.717) is 31.8 Å². The summed E-state index contributed by atoms with van der Waals surface area (Å²) in [7, 11) is 0. The molecule has 0 saturated carbocycles. The van der Waals surface area contributed by atoms with E-state index in [9.17, 15) is 10.1 Å². The zero-order valence-corrected chi connectivity index (χ0v) is 15.0. The molecule has 0 bridgehead atoms. The minimum absolute atomic E-state index is 0.0842. The summed E-state index contributed by atoms with van der Waals surface area (Å²) in [6.07, 6.45) is 2.30. The molecule has 25 heavy (non-hydrogen) atoms. The van der Waals surface area contributed by atoms with Crippen molar-refractivity contribution >= 4 is 5.82 Å². The van der Waals surface area contributed by atoms with Crippen molar-refractivity contribution in [2.45, 2.75) is 39.0 Å². The molecule has 0 aliphatic carbocycles. The summed E-state index contributed by atoms with van der Waals surface area (Å²) in [5, 5.41) is 10.8. The highest BCUT2D eigenvalue weighted by molar-refractivity contribution is 5.21. The average molecular weight is 353 g/mol. The van der Waals surface area contributed by atoms with E-state index in [1.54, 1.807) is 4.57 Å². The van der Waals surface area contributed by atoms with E-state index >= 15 is 0 Å². The second-order valence-corrected chi connectivity index (χ2v) is 6.92. The molecule has 140 valence electrons. The van der Waals surface area contributed by atoms with Crippen LogP contribution in [0.15, 0.2) is 6.20 Å². The third-order valence-corrected chi connectivity index (χ3v) is 4.82. The van der Waals surface area contributed by atoms with Gasteiger partial charge in [-0.15, -0.1) is 0 Å². The van der Waals surface area contributed by atoms with Gasteiger partial charge < -0.3 is 24.5 Å². The van der Waals surface area contributed by atoms with Crippen LogP contribution in [0.5, 0.6) is 6.01 Å². The number of fused-ring (bicyclic) bond motifs is 1. The summed E-state index contributed by atoms with van der Waals surface area (Å²) < 4.78 is 13.0. The molecular formula is C16H27N5O4. The minimum atomic E-state index is -0.510. The number of aromatic nitrogens is 2. The fourth-order valence-electron chi connectivity index (χ4n) is 3.30. The van der Waals surface area contributed by atoms with E-state index in [1.807, 2.05) is 0 Å². The molecule has 1 atom stereocenters. The smallest absolute Gasteiger partial charge is 0.414 e. The van der Waals surface area contributed by atoms with Crippen molar-refractivity contribution in [1.82, 2.24) is 19.4 Å². The summed E-state index contributed by atoms with van der Waals surface area (Å²) in [4.78, 5) is 19.1. The van der Waals surface area contributed by atoms with E-state index in [-0.39, 0.29) is 11.9 Å². The van der Waals surface area contributed by atoms with Gasteiger partial charge in [0.1, 0.15) is 18.9 Å². The maximum absolute atomic E-state index is 10.8. The van der Waals surface area contributed by atoms with Crippen molar-refractivity contribution in [3.05, 3.63) is 16.3 Å². The van der Waals surface area contributed by atoms with Crippen LogP contribution >= 0.6 is 0 Å². The second-order valence-electron chi connectivity index (χ2n) is 6.92. The summed E-state index contributed by atoms with van der Waals surface area (Å²) in [5.41, 5.74) is 0. The Bertz CT molecular complexity index is 583. The Morgan fingerprint density at radius 2 is 2.16 bits per heavy atom. The molecule has 1 aromatic heterocycles. The lowest BCUT2D eigenvalue weighted by molar-refractivity contribution is -0.389. The Kier molecular flexibility index (Phi) is 5.87. The Morgan fingerprint density at radius 1 is 1.40 bits per heavy atom. The van der Waals surface area contributed by atoms with Gasteiger partial charge >= 0.3 is 11.8 Å². The van der Waals surface area contributed by atoms with Crippen LogP contribution in [0.4, 0.5) is 5.82 Å². The maximum Gasteiger partial charge on any atom is 0.414 e. The first kappa shape index (κ1) is 18.1. The van der Waals surface area contributed by atoms with E-state index < -0.39 is 4.92 Å². The quantitative estimate of drug-likeness (QED) is 0.410. The first-order valence-electron chi connectivity index (χ1n) is 8.95. The fraction of sp³-hybridized carbons (Fsp3) is 0.812. The number of hydrogen-bond acceptors (Lipinski definition) is 7. The van der Waals surface area contributed by atoms with E-state index in [2.05, 4.69) is 28.6 Å². The Hall–Kier alpha value is -1.71. The molecule has 1 fully saturated rings. The van der Waals surface area contributed by atoms with Crippen LogP contribution in [0.2, 0.25) is 0 Å². The van der Waals surface area contributed by atoms with Gasteiger partial charge in [-0.1, -0.05) is 0 Å². The van der Waals surface area contributed by atoms with Gasteiger partial charge in [0, 0.05) is 50.4 Å². The first-order valence-corrected chi connectivity index (χ1v) is 8.95. The van der Waals surface area contributed by atoms with Crippen molar-refractivity contribution in [3.8, 4) is 6.01 Å². The second kappa shape index (κ2) is 8.11. The molecule has 9 nitrogen and oxygen atoms in total. The summed E-state index contributed by atoms with van der Waals surface area (Å²) in [5.74, 6) is -0.184. The summed E-state index contributed by atoms with van der Waals surface area (Å²) in [6, 6.07) is 0.926. The Balaban J connectivity index is 1.34. The van der Waals surface area contributed by atoms with Crippen molar-refractivity contribution < 1.29 is 14.4 Å². The van der Waals surface area contributed by atoms with Crippen molar-refractivity contribution in [2.75, 3.05) is 45.9 Å². The van der Waals surface area contributed by atoms with Gasteiger partial charge in [0.25, 0.3) is 0 Å². The SMILES string of the molecule is CC(C)N1CCN(CCCO[C@@H]2COc3nc([N+](=O)[O-])cn3C2)CC1. The lowest BCUT2D eigenvalue weighted by Gasteiger charge is -2.37. The monoisotopic (exact) mass is 353 g/mol. The highest BCUT2D eigenvalue weighted by atomic mass is 16.6. The van der Waals surface area contributed by atoms with Gasteiger partial charge in [0.15, 0.2) is 0 Å². The van der Waals surface area contributed by atoms with Gasteiger partial charge in [-0.25, -0.2) is 0 Å². The molecule has 0 spiro atoms. The fourth-order valence-corrected chi connectivity index (χ4v) is 3.30. The third kappa shape index (κ3) is 4.68. The van der Waals surface area contributed by atoms with E-state index in [1.165, 1.54) is 6.20 Å². The van der Waals surface area contributed by atoms with Crippen molar-refractivity contribution in [3.63, 3.8) is 0 Å². The van der Waals surface area contributed by atoms with Gasteiger partial charge in [0.2, 0.25) is 0 Å². The highest BCUT2D eigenvalue weighted by Gasteiger charge is 2.28.